The standard InChI is InChI=1S/C66H51N3.C44H31N3/c1-64(2)55-16-10-7-13-49(55)52-34-31-46(37-58(52)64)40-19-25-43(26-20-40)61-67-62(44-27-21-41(22-28-44)47-32-35-53-50-14-8-11-17-56(50)65(3,4)59(53)38-47)69-63(68-61)45-29-23-42(24-30-45)48-33-36-54-51-15-9-12-18-57(51)66(5,6)60(54)39-48;1-44(2)37-24-14-13-19-31(37)32-26-25-30(27-38(32)44)39-33-20-9-11-22-35(33)40(36-23-12-10-21-34(36)39)43-46-41(28-15-5-3-6-16-28)45-42(47-43)29-17-7-4-8-18-29/h7-39H,1-6H3;3-27H,1-2H3. The van der Waals surface area contributed by atoms with Crippen LogP contribution in [-0.4, -0.2) is 29.9 Å². The third-order valence-corrected chi connectivity index (χ3v) is 25.5. The van der Waals surface area contributed by atoms with Crippen LogP contribution in [0.1, 0.15) is 99.9 Å². The highest BCUT2D eigenvalue weighted by Gasteiger charge is 2.40. The Morgan fingerprint density at radius 3 is 0.638 bits per heavy atom. The zero-order chi connectivity index (χ0) is 78.3. The maximum atomic E-state index is 5.19. The van der Waals surface area contributed by atoms with Gasteiger partial charge in [0, 0.05) is 55.0 Å². The van der Waals surface area contributed by atoms with Crippen LogP contribution >= 0.6 is 0 Å². The molecule has 4 aliphatic rings. The van der Waals surface area contributed by atoms with Crippen LogP contribution in [0, 0.1) is 0 Å². The van der Waals surface area contributed by atoms with Crippen molar-refractivity contribution >= 4 is 21.5 Å². The molecule has 0 fully saturated rings. The average molecular weight is 1490 g/mol. The Labute approximate surface area is 677 Å². The summed E-state index contributed by atoms with van der Waals surface area (Å²) in [6, 6.07) is 127. The molecule has 18 aromatic rings. The van der Waals surface area contributed by atoms with E-state index in [1.807, 2.05) is 36.4 Å². The van der Waals surface area contributed by atoms with E-state index < -0.39 is 0 Å². The van der Waals surface area contributed by atoms with E-state index in [4.69, 9.17) is 29.9 Å². The summed E-state index contributed by atoms with van der Waals surface area (Å²) in [5.74, 6) is 3.91. The van der Waals surface area contributed by atoms with Gasteiger partial charge in [0.05, 0.1) is 0 Å². The number of rotatable bonds is 10. The van der Waals surface area contributed by atoms with Crippen LogP contribution in [0.3, 0.4) is 0 Å². The molecule has 2 heterocycles. The molecule has 0 saturated carbocycles. The zero-order valence-electron chi connectivity index (χ0n) is 66.2. The summed E-state index contributed by atoms with van der Waals surface area (Å²) in [7, 11) is 0. The largest absolute Gasteiger partial charge is 0.208 e. The molecule has 116 heavy (non-hydrogen) atoms. The lowest BCUT2D eigenvalue weighted by molar-refractivity contribution is 0.660. The van der Waals surface area contributed by atoms with Gasteiger partial charge in [-0.3, -0.25) is 0 Å². The molecule has 0 amide bonds. The fraction of sp³-hybridized carbons (Fsp3) is 0.109. The summed E-state index contributed by atoms with van der Waals surface area (Å²) >= 11 is 0. The lowest BCUT2D eigenvalue weighted by Gasteiger charge is -2.23. The third-order valence-electron chi connectivity index (χ3n) is 25.5. The molecule has 552 valence electrons. The normalized spacial score (nSPS) is 14.1. The number of aromatic nitrogens is 6. The Balaban J connectivity index is 0.000000156. The summed E-state index contributed by atoms with van der Waals surface area (Å²) in [5, 5.41) is 4.59. The topological polar surface area (TPSA) is 77.3 Å². The van der Waals surface area contributed by atoms with Gasteiger partial charge in [-0.15, -0.1) is 0 Å². The van der Waals surface area contributed by atoms with Gasteiger partial charge in [-0.1, -0.05) is 383 Å². The smallest absolute Gasteiger partial charge is 0.165 e. The Morgan fingerprint density at radius 1 is 0.147 bits per heavy atom. The Hall–Kier alpha value is -13.9. The first-order chi connectivity index (χ1) is 56.5. The summed E-state index contributed by atoms with van der Waals surface area (Å²) < 4.78 is 0. The number of benzene rings is 16. The second kappa shape index (κ2) is 26.9. The molecule has 2 aromatic heterocycles. The van der Waals surface area contributed by atoms with Crippen molar-refractivity contribution in [1.82, 2.24) is 29.9 Å². The van der Waals surface area contributed by atoms with Crippen molar-refractivity contribution in [3.05, 3.63) is 396 Å². The van der Waals surface area contributed by atoms with Gasteiger partial charge in [0.2, 0.25) is 0 Å². The molecule has 16 aromatic carbocycles. The number of hydrogen-bond acceptors (Lipinski definition) is 6. The SMILES string of the molecule is CC1(C)c2ccccc2-c2ccc(-c3c4ccccc4c(-c4nc(-c5ccccc5)nc(-c5ccccc5)n4)c4ccccc34)cc21.CC1(C)c2ccccc2-c2ccc(-c3ccc(-c4nc(-c5ccc(-c6ccc7c(c6)C(C)(C)c6ccccc6-7)cc5)nc(-c5ccc(-c6ccc7c(c6)C(C)(C)c6ccccc6-7)cc5)n4)cc3)cc21. The van der Waals surface area contributed by atoms with E-state index in [9.17, 15) is 0 Å². The molecule has 0 N–H and O–H groups in total. The minimum atomic E-state index is -0.0833. The second-order valence-electron chi connectivity index (χ2n) is 33.6. The van der Waals surface area contributed by atoms with E-state index in [2.05, 4.69) is 371 Å². The van der Waals surface area contributed by atoms with Gasteiger partial charge in [-0.2, -0.15) is 0 Å². The first kappa shape index (κ1) is 70.0. The molecule has 0 bridgehead atoms. The molecular weight excluding hydrogens is 1410 g/mol. The fourth-order valence-electron chi connectivity index (χ4n) is 19.3. The average Bonchev–Trinajstić information content (AvgIpc) is 1.40. The van der Waals surface area contributed by atoms with Crippen molar-refractivity contribution in [2.24, 2.45) is 0 Å². The third kappa shape index (κ3) is 11.4. The first-order valence-corrected chi connectivity index (χ1v) is 40.4. The predicted molar refractivity (Wildman–Crippen MR) is 479 cm³/mol. The molecule has 6 nitrogen and oxygen atoms in total. The Kier molecular flexibility index (Phi) is 16.2. The summed E-state index contributed by atoms with van der Waals surface area (Å²) in [6.07, 6.45) is 0. The maximum Gasteiger partial charge on any atom is 0.165 e. The van der Waals surface area contributed by atoms with E-state index in [0.29, 0.717) is 34.9 Å². The van der Waals surface area contributed by atoms with Gasteiger partial charge in [0.25, 0.3) is 0 Å². The van der Waals surface area contributed by atoms with Gasteiger partial charge in [0.1, 0.15) is 0 Å². The van der Waals surface area contributed by atoms with Crippen molar-refractivity contribution in [3.8, 4) is 157 Å². The molecule has 0 aliphatic heterocycles. The molecule has 4 aliphatic carbocycles. The fourth-order valence-corrected chi connectivity index (χ4v) is 19.3. The maximum absolute atomic E-state index is 5.19. The Bertz CT molecular complexity index is 6510. The molecule has 0 spiro atoms. The second-order valence-corrected chi connectivity index (χ2v) is 33.6. The summed E-state index contributed by atoms with van der Waals surface area (Å²) in [4.78, 5) is 30.9. The van der Waals surface area contributed by atoms with Crippen LogP contribution in [0.4, 0.5) is 0 Å². The van der Waals surface area contributed by atoms with Gasteiger partial charge in [0.15, 0.2) is 34.9 Å². The van der Waals surface area contributed by atoms with Gasteiger partial charge >= 0.3 is 0 Å². The van der Waals surface area contributed by atoms with Crippen LogP contribution in [0.2, 0.25) is 0 Å². The molecule has 6 heteroatoms. The summed E-state index contributed by atoms with van der Waals surface area (Å²) in [6.45, 7) is 18.7. The number of fused-ring (bicyclic) bond motifs is 14. The van der Waals surface area contributed by atoms with Gasteiger partial charge < -0.3 is 0 Å². The van der Waals surface area contributed by atoms with E-state index >= 15 is 0 Å². The van der Waals surface area contributed by atoms with Crippen LogP contribution in [0.5, 0.6) is 0 Å². The van der Waals surface area contributed by atoms with Gasteiger partial charge in [-0.25, -0.2) is 29.9 Å². The lowest BCUT2D eigenvalue weighted by Crippen LogP contribution is -2.14. The monoisotopic (exact) mass is 1490 g/mol. The highest BCUT2D eigenvalue weighted by Crippen LogP contribution is 2.55. The first-order valence-electron chi connectivity index (χ1n) is 40.4. The molecule has 22 rings (SSSR count). The molecule has 0 saturated heterocycles. The predicted octanol–water partition coefficient (Wildman–Crippen LogP) is 27.9. The van der Waals surface area contributed by atoms with Crippen molar-refractivity contribution in [2.75, 3.05) is 0 Å². The van der Waals surface area contributed by atoms with Gasteiger partial charge in [-0.05, 0) is 179 Å². The lowest BCUT2D eigenvalue weighted by atomic mass is 9.80. The van der Waals surface area contributed by atoms with E-state index in [0.717, 1.165) is 60.8 Å². The Morgan fingerprint density at radius 2 is 0.345 bits per heavy atom. The molecule has 0 unspecified atom stereocenters. The minimum absolute atomic E-state index is 0.0643. The van der Waals surface area contributed by atoms with E-state index in [1.54, 1.807) is 0 Å². The molecule has 0 radical (unpaired) electrons. The number of nitrogens with zero attached hydrogens (tertiary/aromatic N) is 6. The molecule has 0 atom stereocenters. The van der Waals surface area contributed by atoms with E-state index in [-0.39, 0.29) is 21.7 Å². The van der Waals surface area contributed by atoms with Crippen molar-refractivity contribution < 1.29 is 0 Å². The summed E-state index contributed by atoms with van der Waals surface area (Å²) in [5.41, 5.74) is 36.7. The van der Waals surface area contributed by atoms with E-state index in [1.165, 1.54) is 128 Å². The zero-order valence-corrected chi connectivity index (χ0v) is 66.2. The van der Waals surface area contributed by atoms with Crippen LogP contribution in [0.25, 0.3) is 179 Å². The number of hydrogen-bond donors (Lipinski definition) is 0. The van der Waals surface area contributed by atoms with Crippen molar-refractivity contribution in [1.29, 1.82) is 0 Å². The highest BCUT2D eigenvalue weighted by molar-refractivity contribution is 6.21. The van der Waals surface area contributed by atoms with Crippen LogP contribution in [0.15, 0.2) is 352 Å². The quantitative estimate of drug-likeness (QED) is 0.127. The molecular formula is C110H82N6. The van der Waals surface area contributed by atoms with Crippen molar-refractivity contribution in [3.63, 3.8) is 0 Å². The van der Waals surface area contributed by atoms with Crippen LogP contribution in [-0.2, 0) is 21.7 Å². The van der Waals surface area contributed by atoms with Crippen molar-refractivity contribution in [2.45, 2.75) is 77.0 Å². The highest BCUT2D eigenvalue weighted by atomic mass is 15.0. The minimum Gasteiger partial charge on any atom is -0.208 e. The van der Waals surface area contributed by atoms with Crippen LogP contribution < -0.4 is 0 Å².